The molecule has 7 nitrogen and oxygen atoms in total. The molecule has 0 aliphatic rings. The van der Waals surface area contributed by atoms with Crippen molar-refractivity contribution < 1.29 is 13.2 Å². The van der Waals surface area contributed by atoms with E-state index >= 15 is 0 Å². The fourth-order valence-electron chi connectivity index (χ4n) is 2.17. The van der Waals surface area contributed by atoms with Gasteiger partial charge in [-0.05, 0) is 29.6 Å². The van der Waals surface area contributed by atoms with Gasteiger partial charge in [0.2, 0.25) is 15.9 Å². The number of carbonyl (C=O) groups excluding carboxylic acids is 1. The molecule has 0 radical (unpaired) electrons. The van der Waals surface area contributed by atoms with Gasteiger partial charge in [0.05, 0.1) is 23.4 Å². The van der Waals surface area contributed by atoms with E-state index in [1.54, 1.807) is 35.1 Å². The van der Waals surface area contributed by atoms with Crippen molar-refractivity contribution in [1.29, 1.82) is 0 Å². The molecular formula is C15H16N4O3S2. The molecule has 3 rings (SSSR count). The largest absolute Gasteiger partial charge is 0.355 e. The van der Waals surface area contributed by atoms with Gasteiger partial charge in [-0.1, -0.05) is 6.07 Å². The lowest BCUT2D eigenvalue weighted by atomic mass is 10.3. The third-order valence-electron chi connectivity index (χ3n) is 3.28. The molecule has 0 spiro atoms. The molecule has 24 heavy (non-hydrogen) atoms. The minimum Gasteiger partial charge on any atom is -0.355 e. The highest BCUT2D eigenvalue weighted by molar-refractivity contribution is 7.92. The normalized spacial score (nSPS) is 11.5. The SMILES string of the molecule is O=C(Cc1cccs1)NCCS(=O)(=O)Nc1ccn2nccc2c1. The van der Waals surface area contributed by atoms with Gasteiger partial charge in [-0.25, -0.2) is 12.9 Å². The van der Waals surface area contributed by atoms with E-state index in [9.17, 15) is 13.2 Å². The number of anilines is 1. The fraction of sp³-hybridized carbons (Fsp3) is 0.200. The van der Waals surface area contributed by atoms with Gasteiger partial charge in [0.15, 0.2) is 0 Å². The van der Waals surface area contributed by atoms with Gasteiger partial charge in [-0.3, -0.25) is 9.52 Å². The number of carbonyl (C=O) groups is 1. The number of fused-ring (bicyclic) bond motifs is 1. The number of aromatic nitrogens is 2. The molecule has 0 aliphatic carbocycles. The van der Waals surface area contributed by atoms with Crippen LogP contribution in [-0.4, -0.2) is 36.2 Å². The van der Waals surface area contributed by atoms with Crippen molar-refractivity contribution in [3.8, 4) is 0 Å². The van der Waals surface area contributed by atoms with E-state index in [-0.39, 0.29) is 24.6 Å². The number of nitrogens with one attached hydrogen (secondary N) is 2. The zero-order chi connectivity index (χ0) is 17.0. The van der Waals surface area contributed by atoms with Crippen LogP contribution in [0.1, 0.15) is 4.88 Å². The zero-order valence-electron chi connectivity index (χ0n) is 12.7. The lowest BCUT2D eigenvalue weighted by Gasteiger charge is -2.09. The second-order valence-electron chi connectivity index (χ2n) is 5.14. The van der Waals surface area contributed by atoms with Crippen molar-refractivity contribution in [2.45, 2.75) is 6.42 Å². The first kappa shape index (κ1) is 16.5. The summed E-state index contributed by atoms with van der Waals surface area (Å²) in [4.78, 5) is 12.7. The molecule has 0 aromatic carbocycles. The molecule has 0 atom stereocenters. The number of rotatable bonds is 7. The van der Waals surface area contributed by atoms with E-state index in [0.717, 1.165) is 10.4 Å². The number of sulfonamides is 1. The van der Waals surface area contributed by atoms with Crippen LogP contribution in [0.2, 0.25) is 0 Å². The predicted octanol–water partition coefficient (Wildman–Crippen LogP) is 1.50. The van der Waals surface area contributed by atoms with Gasteiger partial charge in [0, 0.05) is 23.8 Å². The Kier molecular flexibility index (Phi) is 4.81. The van der Waals surface area contributed by atoms with E-state index in [2.05, 4.69) is 15.1 Å². The summed E-state index contributed by atoms with van der Waals surface area (Å²) in [7, 11) is -3.54. The number of thiophene rings is 1. The second-order valence-corrected chi connectivity index (χ2v) is 8.02. The van der Waals surface area contributed by atoms with Crippen LogP contribution in [0.3, 0.4) is 0 Å². The van der Waals surface area contributed by atoms with Crippen LogP contribution in [0, 0.1) is 0 Å². The molecule has 0 saturated heterocycles. The maximum absolute atomic E-state index is 12.1. The zero-order valence-corrected chi connectivity index (χ0v) is 14.3. The van der Waals surface area contributed by atoms with Crippen molar-refractivity contribution in [1.82, 2.24) is 14.9 Å². The molecule has 0 unspecified atom stereocenters. The highest BCUT2D eigenvalue weighted by atomic mass is 32.2. The number of nitrogens with zero attached hydrogens (tertiary/aromatic N) is 2. The van der Waals surface area contributed by atoms with Crippen LogP contribution in [0.15, 0.2) is 48.1 Å². The van der Waals surface area contributed by atoms with Crippen LogP contribution in [-0.2, 0) is 21.2 Å². The summed E-state index contributed by atoms with van der Waals surface area (Å²) >= 11 is 1.50. The summed E-state index contributed by atoms with van der Waals surface area (Å²) in [6.45, 7) is 0.0640. The molecule has 0 bridgehead atoms. The van der Waals surface area contributed by atoms with Gasteiger partial charge < -0.3 is 5.32 Å². The molecule has 0 aliphatic heterocycles. The Morgan fingerprint density at radius 1 is 1.29 bits per heavy atom. The minimum atomic E-state index is -3.54. The van der Waals surface area contributed by atoms with Gasteiger partial charge in [0.25, 0.3) is 0 Å². The molecule has 9 heteroatoms. The molecule has 0 fully saturated rings. The average molecular weight is 364 g/mol. The van der Waals surface area contributed by atoms with Crippen molar-refractivity contribution >= 4 is 38.5 Å². The molecule has 3 heterocycles. The quantitative estimate of drug-likeness (QED) is 0.664. The second kappa shape index (κ2) is 7.02. The molecule has 126 valence electrons. The number of amides is 1. The standard InChI is InChI=1S/C15H16N4O3S2/c20-15(11-14-2-1-8-23-14)16-6-9-24(21,22)18-12-4-7-19-13(10-12)3-5-17-19/h1-5,7-8,10,18H,6,9,11H2,(H,16,20). The fourth-order valence-corrected chi connectivity index (χ4v) is 3.84. The first-order valence-corrected chi connectivity index (χ1v) is 9.78. The van der Waals surface area contributed by atoms with Crippen LogP contribution in [0.5, 0.6) is 0 Å². The molecule has 0 saturated carbocycles. The number of pyridine rings is 1. The Morgan fingerprint density at radius 3 is 2.96 bits per heavy atom. The van der Waals surface area contributed by atoms with E-state index in [1.807, 2.05) is 17.5 Å². The van der Waals surface area contributed by atoms with Crippen molar-refractivity contribution in [3.05, 3.63) is 53.0 Å². The molecule has 2 N–H and O–H groups in total. The molecule has 3 aromatic rings. The van der Waals surface area contributed by atoms with Crippen molar-refractivity contribution in [3.63, 3.8) is 0 Å². The Balaban J connectivity index is 1.51. The van der Waals surface area contributed by atoms with E-state index < -0.39 is 10.0 Å². The lowest BCUT2D eigenvalue weighted by molar-refractivity contribution is -0.120. The summed E-state index contributed by atoms with van der Waals surface area (Å²) in [5.74, 6) is -0.374. The van der Waals surface area contributed by atoms with E-state index in [1.165, 1.54) is 11.3 Å². The first-order valence-electron chi connectivity index (χ1n) is 7.25. The van der Waals surface area contributed by atoms with E-state index in [4.69, 9.17) is 0 Å². The molecular weight excluding hydrogens is 348 g/mol. The van der Waals surface area contributed by atoms with Crippen molar-refractivity contribution in [2.75, 3.05) is 17.0 Å². The number of hydrogen-bond acceptors (Lipinski definition) is 5. The minimum absolute atomic E-state index is 0.0640. The van der Waals surface area contributed by atoms with Crippen LogP contribution in [0.4, 0.5) is 5.69 Å². The Hall–Kier alpha value is -2.39. The molecule has 3 aromatic heterocycles. The van der Waals surface area contributed by atoms with Gasteiger partial charge in [0.1, 0.15) is 0 Å². The highest BCUT2D eigenvalue weighted by Gasteiger charge is 2.12. The summed E-state index contributed by atoms with van der Waals surface area (Å²) in [6.07, 6.45) is 3.58. The van der Waals surface area contributed by atoms with E-state index in [0.29, 0.717) is 5.69 Å². The third-order valence-corrected chi connectivity index (χ3v) is 5.45. The summed E-state index contributed by atoms with van der Waals surface area (Å²) in [6, 6.07) is 8.85. The first-order chi connectivity index (χ1) is 11.5. The molecule has 1 amide bonds. The third kappa shape index (κ3) is 4.33. The summed E-state index contributed by atoms with van der Waals surface area (Å²) < 4.78 is 28.3. The van der Waals surface area contributed by atoms with Crippen molar-refractivity contribution in [2.24, 2.45) is 0 Å². The number of hydrogen-bond donors (Lipinski definition) is 2. The average Bonchev–Trinajstić information content (AvgIpc) is 3.17. The van der Waals surface area contributed by atoms with Gasteiger partial charge in [-0.2, -0.15) is 5.10 Å². The Labute approximate surface area is 143 Å². The van der Waals surface area contributed by atoms with Crippen LogP contribution >= 0.6 is 11.3 Å². The smallest absolute Gasteiger partial charge is 0.234 e. The van der Waals surface area contributed by atoms with Gasteiger partial charge >= 0.3 is 0 Å². The van der Waals surface area contributed by atoms with Gasteiger partial charge in [-0.15, -0.1) is 11.3 Å². The summed E-state index contributed by atoms with van der Waals surface area (Å²) in [5, 5.41) is 8.57. The topological polar surface area (TPSA) is 92.6 Å². The lowest BCUT2D eigenvalue weighted by Crippen LogP contribution is -2.32. The summed E-state index contributed by atoms with van der Waals surface area (Å²) in [5.41, 5.74) is 1.26. The Morgan fingerprint density at radius 2 is 2.17 bits per heavy atom. The maximum atomic E-state index is 12.1. The highest BCUT2D eigenvalue weighted by Crippen LogP contribution is 2.13. The maximum Gasteiger partial charge on any atom is 0.234 e. The predicted molar refractivity (Wildman–Crippen MR) is 93.6 cm³/mol. The monoisotopic (exact) mass is 364 g/mol. The van der Waals surface area contributed by atoms with Crippen LogP contribution < -0.4 is 10.0 Å². The van der Waals surface area contributed by atoms with Crippen LogP contribution in [0.25, 0.3) is 5.52 Å². The Bertz CT molecular complexity index is 933.